The monoisotopic (exact) mass is 343 g/mol. The third kappa shape index (κ3) is 3.62. The summed E-state index contributed by atoms with van der Waals surface area (Å²) in [5.41, 5.74) is 1.42. The van der Waals surface area contributed by atoms with Gasteiger partial charge in [-0.15, -0.1) is 0 Å². The number of H-pyrrole nitrogens is 1. The molecule has 0 bridgehead atoms. The van der Waals surface area contributed by atoms with Crippen LogP contribution >= 0.6 is 0 Å². The second-order valence-corrected chi connectivity index (χ2v) is 6.25. The lowest BCUT2D eigenvalue weighted by molar-refractivity contribution is -0.125. The van der Waals surface area contributed by atoms with E-state index in [4.69, 9.17) is 4.74 Å². The van der Waals surface area contributed by atoms with Crippen molar-refractivity contribution in [3.63, 3.8) is 0 Å². The van der Waals surface area contributed by atoms with Gasteiger partial charge in [-0.3, -0.25) is 9.59 Å². The van der Waals surface area contributed by atoms with E-state index in [0.717, 1.165) is 0 Å². The zero-order chi connectivity index (χ0) is 18.0. The highest BCUT2D eigenvalue weighted by Crippen LogP contribution is 2.21. The summed E-state index contributed by atoms with van der Waals surface area (Å²) in [5, 5.41) is 2.83. The number of likely N-dealkylation sites (tertiary alicyclic amines) is 1. The third-order valence-electron chi connectivity index (χ3n) is 3.94. The summed E-state index contributed by atoms with van der Waals surface area (Å²) in [6.07, 6.45) is 4.97. The van der Waals surface area contributed by atoms with Gasteiger partial charge in [-0.25, -0.2) is 9.97 Å². The first kappa shape index (κ1) is 16.9. The third-order valence-corrected chi connectivity index (χ3v) is 3.94. The van der Waals surface area contributed by atoms with E-state index < -0.39 is 0 Å². The number of nitrogens with zero attached hydrogens (tertiary/aromatic N) is 3. The van der Waals surface area contributed by atoms with Crippen LogP contribution in [0.15, 0.2) is 25.0 Å². The summed E-state index contributed by atoms with van der Waals surface area (Å²) in [4.78, 5) is 37.2. The van der Waals surface area contributed by atoms with Gasteiger partial charge in [-0.2, -0.15) is 0 Å². The lowest BCUT2D eigenvalue weighted by atomic mass is 10.2. The molecule has 1 fully saturated rings. The number of hydrogen-bond acceptors (Lipinski definition) is 5. The molecule has 1 atom stereocenters. The highest BCUT2D eigenvalue weighted by Gasteiger charge is 2.27. The minimum absolute atomic E-state index is 0.0247. The number of aromatic amines is 1. The number of carbonyl (C=O) groups is 2. The fraction of sp³-hybridized carbons (Fsp3) is 0.412. The second-order valence-electron chi connectivity index (χ2n) is 6.25. The van der Waals surface area contributed by atoms with Gasteiger partial charge >= 0.3 is 0 Å². The second kappa shape index (κ2) is 6.92. The van der Waals surface area contributed by atoms with Crippen molar-refractivity contribution in [2.75, 3.05) is 13.1 Å². The van der Waals surface area contributed by atoms with Crippen LogP contribution in [0.1, 0.15) is 30.6 Å². The summed E-state index contributed by atoms with van der Waals surface area (Å²) >= 11 is 0. The molecule has 2 aromatic heterocycles. The smallest absolute Gasteiger partial charge is 0.255 e. The van der Waals surface area contributed by atoms with Gasteiger partial charge in [0, 0.05) is 25.2 Å². The van der Waals surface area contributed by atoms with Crippen molar-refractivity contribution >= 4 is 23.0 Å². The number of hydrogen-bond donors (Lipinski definition) is 2. The molecule has 2 aromatic rings. The van der Waals surface area contributed by atoms with E-state index in [1.807, 2.05) is 13.8 Å². The summed E-state index contributed by atoms with van der Waals surface area (Å²) in [5.74, 6) is 0.0193. The average molecular weight is 343 g/mol. The molecule has 1 unspecified atom stereocenters. The molecule has 2 N–H and O–H groups in total. The average Bonchev–Trinajstić information content (AvgIpc) is 3.20. The van der Waals surface area contributed by atoms with Crippen LogP contribution in [0, 0.1) is 0 Å². The van der Waals surface area contributed by atoms with Crippen LogP contribution < -0.4 is 10.1 Å². The molecule has 3 rings (SSSR count). The first-order chi connectivity index (χ1) is 12.0. The molecule has 132 valence electrons. The van der Waals surface area contributed by atoms with Crippen molar-refractivity contribution in [3.8, 4) is 5.88 Å². The van der Waals surface area contributed by atoms with Gasteiger partial charge in [0.15, 0.2) is 5.65 Å². The molecule has 8 heteroatoms. The van der Waals surface area contributed by atoms with Gasteiger partial charge in [-0.05, 0) is 19.9 Å². The Kier molecular flexibility index (Phi) is 4.69. The molecule has 0 spiro atoms. The van der Waals surface area contributed by atoms with Crippen LogP contribution in [0.4, 0.5) is 0 Å². The van der Waals surface area contributed by atoms with Crippen LogP contribution in [-0.4, -0.2) is 56.9 Å². The number of carbonyl (C=O) groups excluding carboxylic acids is 2. The topological polar surface area (TPSA) is 100 Å². The molecule has 0 aromatic carbocycles. The Morgan fingerprint density at radius 2 is 2.32 bits per heavy atom. The summed E-state index contributed by atoms with van der Waals surface area (Å²) < 4.78 is 5.85. The summed E-state index contributed by atoms with van der Waals surface area (Å²) in [7, 11) is 0. The molecule has 8 nitrogen and oxygen atoms in total. The fourth-order valence-corrected chi connectivity index (χ4v) is 2.77. The van der Waals surface area contributed by atoms with E-state index >= 15 is 0 Å². The maximum atomic E-state index is 12.2. The number of ether oxygens (including phenoxy) is 1. The molecule has 25 heavy (non-hydrogen) atoms. The predicted molar refractivity (Wildman–Crippen MR) is 92.3 cm³/mol. The van der Waals surface area contributed by atoms with Crippen molar-refractivity contribution in [3.05, 3.63) is 30.6 Å². The lowest BCUT2D eigenvalue weighted by Crippen LogP contribution is -2.30. The van der Waals surface area contributed by atoms with Crippen LogP contribution in [0.2, 0.25) is 0 Å². The van der Waals surface area contributed by atoms with Crippen molar-refractivity contribution in [2.45, 2.75) is 32.4 Å². The number of aromatic nitrogens is 3. The van der Waals surface area contributed by atoms with Crippen molar-refractivity contribution in [1.29, 1.82) is 0 Å². The maximum absolute atomic E-state index is 12.2. The highest BCUT2D eigenvalue weighted by atomic mass is 16.5. The Labute approximate surface area is 145 Å². The molecular formula is C17H21N5O3. The van der Waals surface area contributed by atoms with Gasteiger partial charge in [0.2, 0.25) is 11.8 Å². The molecule has 0 aliphatic carbocycles. The first-order valence-electron chi connectivity index (χ1n) is 8.21. The van der Waals surface area contributed by atoms with E-state index in [0.29, 0.717) is 42.1 Å². The summed E-state index contributed by atoms with van der Waals surface area (Å²) in [6.45, 7) is 8.38. The number of nitrogens with one attached hydrogen (secondary N) is 2. The van der Waals surface area contributed by atoms with Crippen LogP contribution in [0.3, 0.4) is 0 Å². The molecule has 1 aliphatic rings. The molecule has 1 aliphatic heterocycles. The first-order valence-corrected chi connectivity index (χ1v) is 8.21. The van der Waals surface area contributed by atoms with Crippen LogP contribution in [0.5, 0.6) is 5.88 Å². The van der Waals surface area contributed by atoms with Gasteiger partial charge in [-0.1, -0.05) is 6.58 Å². The normalized spacial score (nSPS) is 17.1. The SMILES string of the molecule is C=CC(=O)N1CCC(Oc2cnc3[nH]cc(C(=O)NC(C)C)c3n2)C1. The Bertz CT molecular complexity index is 814. The predicted octanol–water partition coefficient (Wildman–Crippen LogP) is 1.26. The largest absolute Gasteiger partial charge is 0.471 e. The van der Waals surface area contributed by atoms with E-state index in [1.165, 1.54) is 12.3 Å². The minimum Gasteiger partial charge on any atom is -0.471 e. The number of rotatable bonds is 5. The standard InChI is InChI=1S/C17H21N5O3/c1-4-14(23)22-6-5-11(9-22)25-13-8-19-16-15(21-13)12(7-18-16)17(24)20-10(2)3/h4,7-8,10-11H,1,5-6,9H2,2-3H3,(H,18,19)(H,20,24). The Morgan fingerprint density at radius 3 is 3.04 bits per heavy atom. The molecule has 0 saturated carbocycles. The number of fused-ring (bicyclic) bond motifs is 1. The van der Waals surface area contributed by atoms with Crippen molar-refractivity contribution in [2.24, 2.45) is 0 Å². The molecule has 1 saturated heterocycles. The Morgan fingerprint density at radius 1 is 1.52 bits per heavy atom. The zero-order valence-electron chi connectivity index (χ0n) is 14.3. The Balaban J connectivity index is 1.76. The van der Waals surface area contributed by atoms with E-state index in [1.54, 1.807) is 11.1 Å². The zero-order valence-corrected chi connectivity index (χ0v) is 14.3. The highest BCUT2D eigenvalue weighted by molar-refractivity contribution is 6.04. The van der Waals surface area contributed by atoms with Gasteiger partial charge < -0.3 is 19.9 Å². The number of amides is 2. The molecule has 2 amide bonds. The van der Waals surface area contributed by atoms with Crippen molar-refractivity contribution < 1.29 is 14.3 Å². The van der Waals surface area contributed by atoms with E-state index in [2.05, 4.69) is 26.8 Å². The minimum atomic E-state index is -0.212. The van der Waals surface area contributed by atoms with Gasteiger partial charge in [0.25, 0.3) is 5.91 Å². The van der Waals surface area contributed by atoms with Crippen LogP contribution in [0.25, 0.3) is 11.2 Å². The van der Waals surface area contributed by atoms with Gasteiger partial charge in [0.1, 0.15) is 11.6 Å². The maximum Gasteiger partial charge on any atom is 0.255 e. The van der Waals surface area contributed by atoms with Crippen molar-refractivity contribution in [1.82, 2.24) is 25.2 Å². The quantitative estimate of drug-likeness (QED) is 0.796. The molecule has 3 heterocycles. The molecule has 0 radical (unpaired) electrons. The van der Waals surface area contributed by atoms with E-state index in [9.17, 15) is 9.59 Å². The van der Waals surface area contributed by atoms with Crippen LogP contribution in [-0.2, 0) is 4.79 Å². The Hall–Kier alpha value is -2.90. The molecular weight excluding hydrogens is 322 g/mol. The lowest BCUT2D eigenvalue weighted by Gasteiger charge is -2.15. The van der Waals surface area contributed by atoms with Gasteiger partial charge in [0.05, 0.1) is 18.3 Å². The summed E-state index contributed by atoms with van der Waals surface area (Å²) in [6, 6.07) is 0.0247. The fourth-order valence-electron chi connectivity index (χ4n) is 2.77. The van der Waals surface area contributed by atoms with E-state index in [-0.39, 0.29) is 24.0 Å².